The average Bonchev–Trinajstić information content (AvgIpc) is 2.26. The Balaban J connectivity index is 3.11. The molecule has 0 unspecified atom stereocenters. The summed E-state index contributed by atoms with van der Waals surface area (Å²) >= 11 is 4.69. The molecule has 0 aliphatic carbocycles. The summed E-state index contributed by atoms with van der Waals surface area (Å²) in [5, 5.41) is 0. The largest absolute Gasteiger partial charge is 0.389 e. The third-order valence-corrected chi connectivity index (χ3v) is 3.57. The normalized spacial score (nSPS) is 11.7. The van der Waals surface area contributed by atoms with Crippen molar-refractivity contribution in [2.75, 3.05) is 6.54 Å². The van der Waals surface area contributed by atoms with Crippen LogP contribution in [-0.2, 0) is 10.0 Å². The van der Waals surface area contributed by atoms with Crippen LogP contribution in [0.15, 0.2) is 29.2 Å². The number of rotatable bonds is 5. The van der Waals surface area contributed by atoms with Gasteiger partial charge in [-0.2, -0.15) is 0 Å². The molecule has 94 valence electrons. The fraction of sp³-hybridized carbons (Fsp3) is 0.222. The van der Waals surface area contributed by atoms with Crippen LogP contribution in [0.5, 0.6) is 0 Å². The summed E-state index contributed by atoms with van der Waals surface area (Å²) in [6, 6.07) is 5.68. The Hall–Kier alpha value is -1.12. The van der Waals surface area contributed by atoms with Gasteiger partial charge in [0.05, 0.1) is 11.4 Å². The van der Waals surface area contributed by atoms with Gasteiger partial charge >= 0.3 is 0 Å². The molecule has 0 atom stereocenters. The van der Waals surface area contributed by atoms with Crippen LogP contribution in [0.2, 0.25) is 0 Å². The maximum absolute atomic E-state index is 12.0. The summed E-state index contributed by atoms with van der Waals surface area (Å²) in [5.74, 6) is 0. The third-order valence-electron chi connectivity index (χ3n) is 1.87. The number of sulfonamides is 1. The Morgan fingerprint density at radius 1 is 1.41 bits per heavy atom. The van der Waals surface area contributed by atoms with Gasteiger partial charge in [-0.05, 0) is 6.07 Å². The van der Waals surface area contributed by atoms with Crippen molar-refractivity contribution < 1.29 is 17.2 Å². The molecule has 0 spiro atoms. The molecule has 0 aliphatic heterocycles. The van der Waals surface area contributed by atoms with E-state index in [1.807, 2.05) is 0 Å². The summed E-state index contributed by atoms with van der Waals surface area (Å²) in [5.41, 5.74) is 5.49. The molecule has 0 aromatic heterocycles. The molecule has 0 saturated heterocycles. The lowest BCUT2D eigenvalue weighted by Crippen LogP contribution is -2.30. The number of thiocarbonyl (C=S) groups is 1. The van der Waals surface area contributed by atoms with Gasteiger partial charge in [0.2, 0.25) is 10.0 Å². The first-order valence-corrected chi connectivity index (χ1v) is 6.40. The molecule has 17 heavy (non-hydrogen) atoms. The lowest BCUT2D eigenvalue weighted by molar-refractivity contribution is 0.153. The quantitative estimate of drug-likeness (QED) is 0.785. The summed E-state index contributed by atoms with van der Waals surface area (Å²) in [6.45, 7) is -0.950. The summed E-state index contributed by atoms with van der Waals surface area (Å²) in [6.07, 6.45) is -2.76. The molecule has 3 N–H and O–H groups in total. The maximum Gasteiger partial charge on any atom is 0.251 e. The van der Waals surface area contributed by atoms with E-state index in [4.69, 9.17) is 18.0 Å². The molecular weight excluding hydrogens is 270 g/mol. The minimum Gasteiger partial charge on any atom is -0.389 e. The molecule has 8 heteroatoms. The zero-order valence-corrected chi connectivity index (χ0v) is 10.2. The van der Waals surface area contributed by atoms with Crippen LogP contribution in [0.25, 0.3) is 0 Å². The van der Waals surface area contributed by atoms with E-state index in [1.165, 1.54) is 18.2 Å². The minimum atomic E-state index is -4.03. The highest BCUT2D eigenvalue weighted by molar-refractivity contribution is 7.89. The molecule has 1 aromatic carbocycles. The molecule has 0 fully saturated rings. The van der Waals surface area contributed by atoms with Crippen LogP contribution in [-0.4, -0.2) is 26.4 Å². The van der Waals surface area contributed by atoms with Crippen molar-refractivity contribution in [1.82, 2.24) is 4.72 Å². The molecule has 0 heterocycles. The summed E-state index contributed by atoms with van der Waals surface area (Å²) in [4.78, 5) is -0.309. The first-order valence-electron chi connectivity index (χ1n) is 4.51. The van der Waals surface area contributed by atoms with Crippen molar-refractivity contribution >= 4 is 27.2 Å². The predicted molar refractivity (Wildman–Crippen MR) is 63.5 cm³/mol. The number of benzene rings is 1. The van der Waals surface area contributed by atoms with Crippen LogP contribution in [0.1, 0.15) is 5.56 Å². The van der Waals surface area contributed by atoms with Gasteiger partial charge in [-0.1, -0.05) is 30.4 Å². The maximum atomic E-state index is 12.0. The zero-order chi connectivity index (χ0) is 13.1. The number of nitrogens with one attached hydrogen (secondary N) is 1. The van der Waals surface area contributed by atoms with E-state index in [9.17, 15) is 17.2 Å². The van der Waals surface area contributed by atoms with Crippen LogP contribution in [0, 0.1) is 0 Å². The van der Waals surface area contributed by atoms with E-state index in [0.717, 1.165) is 0 Å². The highest BCUT2D eigenvalue weighted by Crippen LogP contribution is 2.15. The molecule has 1 aromatic rings. The van der Waals surface area contributed by atoms with E-state index >= 15 is 0 Å². The predicted octanol–water partition coefficient (Wildman–Crippen LogP) is 0.864. The molecule has 4 nitrogen and oxygen atoms in total. The van der Waals surface area contributed by atoms with Crippen LogP contribution >= 0.6 is 12.2 Å². The molecule has 1 rings (SSSR count). The Morgan fingerprint density at radius 2 is 2.00 bits per heavy atom. The van der Waals surface area contributed by atoms with Crippen molar-refractivity contribution in [3.8, 4) is 0 Å². The minimum absolute atomic E-state index is 0.108. The van der Waals surface area contributed by atoms with Crippen molar-refractivity contribution in [3.05, 3.63) is 29.8 Å². The van der Waals surface area contributed by atoms with Crippen molar-refractivity contribution in [1.29, 1.82) is 0 Å². The Bertz CT molecular complexity index is 517. The molecule has 0 aliphatic rings. The summed E-state index contributed by atoms with van der Waals surface area (Å²) in [7, 11) is -4.03. The second kappa shape index (κ2) is 5.48. The first kappa shape index (κ1) is 13.9. The number of nitrogens with two attached hydrogens (primary N) is 1. The van der Waals surface area contributed by atoms with Gasteiger partial charge in [0.15, 0.2) is 0 Å². The van der Waals surface area contributed by atoms with E-state index in [-0.39, 0.29) is 15.4 Å². The number of alkyl halides is 2. The lowest BCUT2D eigenvalue weighted by Gasteiger charge is -2.10. The smallest absolute Gasteiger partial charge is 0.251 e. The number of halogens is 2. The Kier molecular flexibility index (Phi) is 4.49. The second-order valence-corrected chi connectivity index (χ2v) is 5.28. The van der Waals surface area contributed by atoms with E-state index < -0.39 is 23.0 Å². The fourth-order valence-corrected chi connectivity index (χ4v) is 2.62. The second-order valence-electron chi connectivity index (χ2n) is 3.10. The number of hydrogen-bond acceptors (Lipinski definition) is 3. The van der Waals surface area contributed by atoms with Crippen LogP contribution in [0.4, 0.5) is 8.78 Å². The van der Waals surface area contributed by atoms with Crippen molar-refractivity contribution in [2.45, 2.75) is 11.3 Å². The third kappa shape index (κ3) is 3.69. The summed E-state index contributed by atoms with van der Waals surface area (Å²) < 4.78 is 49.1. The van der Waals surface area contributed by atoms with Crippen molar-refractivity contribution in [2.24, 2.45) is 5.73 Å². The van der Waals surface area contributed by atoms with Gasteiger partial charge in [-0.25, -0.2) is 21.9 Å². The van der Waals surface area contributed by atoms with Gasteiger partial charge < -0.3 is 5.73 Å². The van der Waals surface area contributed by atoms with Gasteiger partial charge in [-0.15, -0.1) is 0 Å². The molecule has 0 amide bonds. The Morgan fingerprint density at radius 3 is 2.53 bits per heavy atom. The van der Waals surface area contributed by atoms with Crippen LogP contribution in [0.3, 0.4) is 0 Å². The fourth-order valence-electron chi connectivity index (χ4n) is 1.15. The monoisotopic (exact) mass is 280 g/mol. The number of hydrogen-bond donors (Lipinski definition) is 2. The van der Waals surface area contributed by atoms with Gasteiger partial charge in [-0.3, -0.25) is 0 Å². The lowest BCUT2D eigenvalue weighted by atomic mass is 10.2. The molecule has 0 radical (unpaired) electrons. The Labute approximate surface area is 103 Å². The van der Waals surface area contributed by atoms with Gasteiger partial charge in [0.25, 0.3) is 6.43 Å². The zero-order valence-electron chi connectivity index (χ0n) is 8.56. The highest BCUT2D eigenvalue weighted by Gasteiger charge is 2.20. The highest BCUT2D eigenvalue weighted by atomic mass is 32.2. The average molecular weight is 280 g/mol. The molecule has 0 bridgehead atoms. The molecule has 0 saturated carbocycles. The standard InChI is InChI=1S/C9H10F2N2O2S2/c10-8(11)5-13-17(14,15)7-4-2-1-3-6(7)9(12)16/h1-4,8,13H,5H2,(H2,12,16). The van der Waals surface area contributed by atoms with Crippen LogP contribution < -0.4 is 10.5 Å². The SMILES string of the molecule is NC(=S)c1ccccc1S(=O)(=O)NCC(F)F. The molecular formula is C9H10F2N2O2S2. The van der Waals surface area contributed by atoms with Crippen molar-refractivity contribution in [3.63, 3.8) is 0 Å². The van der Waals surface area contributed by atoms with Gasteiger partial charge in [0, 0.05) is 5.56 Å². The van der Waals surface area contributed by atoms with E-state index in [1.54, 1.807) is 10.8 Å². The van der Waals surface area contributed by atoms with Gasteiger partial charge in [0.1, 0.15) is 4.99 Å². The first-order chi connectivity index (χ1) is 7.84. The van der Waals surface area contributed by atoms with E-state index in [0.29, 0.717) is 0 Å². The van der Waals surface area contributed by atoms with E-state index in [2.05, 4.69) is 0 Å². The topological polar surface area (TPSA) is 72.2 Å².